The quantitative estimate of drug-likeness (QED) is 0.203. The molecule has 0 spiro atoms. The lowest BCUT2D eigenvalue weighted by Gasteiger charge is -2.33. The Morgan fingerprint density at radius 2 is 1.87 bits per heavy atom. The van der Waals surface area contributed by atoms with Crippen molar-refractivity contribution in [3.63, 3.8) is 0 Å². The second kappa shape index (κ2) is 13.1. The molecule has 0 saturated carbocycles. The minimum atomic E-state index is -0.523. The van der Waals surface area contributed by atoms with E-state index in [1.54, 1.807) is 55.9 Å². The average molecular weight is 612 g/mol. The average Bonchev–Trinajstić information content (AvgIpc) is 3.69. The Balaban J connectivity index is 1.27. The number of H-pyrrole nitrogens is 1. The van der Waals surface area contributed by atoms with Crippen LogP contribution in [-0.2, 0) is 16.1 Å². The number of aromatic amines is 1. The van der Waals surface area contributed by atoms with Crippen LogP contribution in [-0.4, -0.2) is 69.6 Å². The van der Waals surface area contributed by atoms with E-state index in [-0.39, 0.29) is 24.3 Å². The number of nitrogens with one attached hydrogen (secondary N) is 2. The van der Waals surface area contributed by atoms with Gasteiger partial charge in [0.15, 0.2) is 11.5 Å². The van der Waals surface area contributed by atoms with E-state index in [4.69, 9.17) is 14.2 Å². The number of carbonyl (C=O) groups is 2. The summed E-state index contributed by atoms with van der Waals surface area (Å²) in [5.41, 5.74) is 3.29. The molecule has 0 aliphatic carbocycles. The van der Waals surface area contributed by atoms with Gasteiger partial charge in [0, 0.05) is 60.3 Å². The zero-order valence-corrected chi connectivity index (χ0v) is 26.1. The van der Waals surface area contributed by atoms with Crippen LogP contribution in [0.5, 0.6) is 11.5 Å². The third-order valence-electron chi connectivity index (χ3n) is 7.55. The molecule has 5 rings (SSSR count). The lowest BCUT2D eigenvalue weighted by Crippen LogP contribution is -2.42. The van der Waals surface area contributed by atoms with Crippen molar-refractivity contribution in [2.75, 3.05) is 27.3 Å². The lowest BCUT2D eigenvalue weighted by molar-refractivity contribution is -0.117. The maximum absolute atomic E-state index is 12.9. The molecule has 0 atom stereocenters. The van der Waals surface area contributed by atoms with Crippen molar-refractivity contribution in [1.82, 2.24) is 30.0 Å². The smallest absolute Gasteiger partial charge is 0.410 e. The number of piperidine rings is 1. The van der Waals surface area contributed by atoms with Gasteiger partial charge in [0.1, 0.15) is 22.9 Å². The van der Waals surface area contributed by atoms with Crippen molar-refractivity contribution >= 4 is 29.1 Å². The molecule has 12 nitrogen and oxygen atoms in total. The number of fused-ring (bicyclic) bond motifs is 1. The van der Waals surface area contributed by atoms with Crippen LogP contribution in [0.2, 0.25) is 0 Å². The van der Waals surface area contributed by atoms with Gasteiger partial charge in [-0.2, -0.15) is 10.4 Å². The molecule has 1 aliphatic rings. The van der Waals surface area contributed by atoms with Gasteiger partial charge in [-0.05, 0) is 63.5 Å². The molecular formula is C33H37N7O5. The van der Waals surface area contributed by atoms with Gasteiger partial charge in [-0.3, -0.25) is 9.48 Å². The number of hydrogen-bond donors (Lipinski definition) is 2. The summed E-state index contributed by atoms with van der Waals surface area (Å²) in [5.74, 6) is 0.645. The molecule has 3 aromatic heterocycles. The Labute approximate surface area is 261 Å². The Morgan fingerprint density at radius 3 is 2.56 bits per heavy atom. The Hall–Kier alpha value is -5.31. The number of rotatable bonds is 8. The molecule has 1 saturated heterocycles. The molecule has 234 valence electrons. The molecule has 0 bridgehead atoms. The zero-order valence-electron chi connectivity index (χ0n) is 26.1. The summed E-state index contributed by atoms with van der Waals surface area (Å²) in [7, 11) is 3.10. The summed E-state index contributed by atoms with van der Waals surface area (Å²) in [6, 6.07) is 9.50. The zero-order chi connectivity index (χ0) is 32.1. The summed E-state index contributed by atoms with van der Waals surface area (Å²) in [6.07, 6.45) is 10.1. The Morgan fingerprint density at radius 1 is 1.11 bits per heavy atom. The molecule has 12 heteroatoms. The fourth-order valence-electron chi connectivity index (χ4n) is 5.20. The van der Waals surface area contributed by atoms with Gasteiger partial charge >= 0.3 is 6.09 Å². The van der Waals surface area contributed by atoms with Crippen LogP contribution in [0.1, 0.15) is 50.8 Å². The number of aromatic nitrogens is 4. The van der Waals surface area contributed by atoms with Gasteiger partial charge in [-0.25, -0.2) is 9.78 Å². The van der Waals surface area contributed by atoms with Crippen molar-refractivity contribution in [1.29, 1.82) is 5.26 Å². The molecule has 4 aromatic rings. The van der Waals surface area contributed by atoms with E-state index in [2.05, 4.69) is 20.4 Å². The van der Waals surface area contributed by atoms with Crippen molar-refractivity contribution in [2.24, 2.45) is 0 Å². The van der Waals surface area contributed by atoms with Crippen LogP contribution in [0.25, 0.3) is 28.2 Å². The second-order valence-corrected chi connectivity index (χ2v) is 11.8. The first-order valence-electron chi connectivity index (χ1n) is 14.7. The number of ether oxygens (including phenoxy) is 3. The summed E-state index contributed by atoms with van der Waals surface area (Å²) in [4.78, 5) is 34.8. The first kappa shape index (κ1) is 31.1. The first-order chi connectivity index (χ1) is 21.6. The van der Waals surface area contributed by atoms with E-state index in [9.17, 15) is 14.9 Å². The van der Waals surface area contributed by atoms with E-state index in [1.165, 1.54) is 0 Å². The third-order valence-corrected chi connectivity index (χ3v) is 7.55. The topological polar surface area (TPSA) is 147 Å². The van der Waals surface area contributed by atoms with E-state index in [0.717, 1.165) is 34.9 Å². The standard InChI is InChI=1S/C33H37N7O5/c1-33(2,3)45-32(42)39-10-8-26(9-11-39)40-20-25(19-38-40)23-14-27-24(18-36-30(27)35-17-23)13-22(15-34)31(41)37-16-21-6-7-28(43-4)29(12-21)44-5/h6-7,12-14,17-20,26H,8-11,16H2,1-5H3,(H,35,36)(H,37,41)/b22-13+. The second-order valence-electron chi connectivity index (χ2n) is 11.8. The minimum absolute atomic E-state index is 0.0349. The number of nitriles is 1. The molecule has 0 unspecified atom stereocenters. The molecule has 1 aromatic carbocycles. The van der Waals surface area contributed by atoms with Crippen molar-refractivity contribution < 1.29 is 23.8 Å². The Bertz CT molecular complexity index is 1770. The lowest BCUT2D eigenvalue weighted by atomic mass is 10.1. The summed E-state index contributed by atoms with van der Waals surface area (Å²) in [6.45, 7) is 7.01. The fourth-order valence-corrected chi connectivity index (χ4v) is 5.20. The van der Waals surface area contributed by atoms with E-state index >= 15 is 0 Å². The molecule has 45 heavy (non-hydrogen) atoms. The predicted octanol–water partition coefficient (Wildman–Crippen LogP) is 5.24. The summed E-state index contributed by atoms with van der Waals surface area (Å²) >= 11 is 0. The van der Waals surface area contributed by atoms with Crippen molar-refractivity contribution in [3.8, 4) is 28.7 Å². The van der Waals surface area contributed by atoms with Gasteiger partial charge < -0.3 is 29.4 Å². The SMILES string of the molecule is COc1ccc(CNC(=O)/C(C#N)=C/c2c[nH]c3ncc(-c4cnn(C5CCN(C(=O)OC(C)(C)C)CC5)c4)cc23)cc1OC. The van der Waals surface area contributed by atoms with Gasteiger partial charge in [0.05, 0.1) is 26.5 Å². The van der Waals surface area contributed by atoms with Crippen LogP contribution in [0.4, 0.5) is 4.79 Å². The highest BCUT2D eigenvalue weighted by Crippen LogP contribution is 2.30. The van der Waals surface area contributed by atoms with Crippen LogP contribution in [0, 0.1) is 11.3 Å². The van der Waals surface area contributed by atoms with Gasteiger partial charge in [0.25, 0.3) is 5.91 Å². The number of carbonyl (C=O) groups excluding carboxylic acids is 2. The van der Waals surface area contributed by atoms with Gasteiger partial charge in [0.2, 0.25) is 0 Å². The number of amides is 2. The number of benzene rings is 1. The first-order valence-corrected chi connectivity index (χ1v) is 14.7. The minimum Gasteiger partial charge on any atom is -0.493 e. The number of nitrogens with zero attached hydrogens (tertiary/aromatic N) is 5. The number of hydrogen-bond acceptors (Lipinski definition) is 8. The van der Waals surface area contributed by atoms with Crippen molar-refractivity contribution in [3.05, 3.63) is 65.8 Å². The fraction of sp³-hybridized carbons (Fsp3) is 0.364. The molecular weight excluding hydrogens is 574 g/mol. The summed E-state index contributed by atoms with van der Waals surface area (Å²) in [5, 5.41) is 18.0. The third kappa shape index (κ3) is 7.26. The van der Waals surface area contributed by atoms with Gasteiger partial charge in [-0.15, -0.1) is 0 Å². The van der Waals surface area contributed by atoms with E-state index < -0.39 is 11.5 Å². The van der Waals surface area contributed by atoms with E-state index in [0.29, 0.717) is 35.8 Å². The molecule has 0 radical (unpaired) electrons. The number of pyridine rings is 1. The molecule has 1 aliphatic heterocycles. The monoisotopic (exact) mass is 611 g/mol. The molecule has 2 amide bonds. The predicted molar refractivity (Wildman–Crippen MR) is 168 cm³/mol. The Kier molecular flexibility index (Phi) is 9.08. The number of methoxy groups -OCH3 is 2. The normalized spacial score (nSPS) is 14.2. The van der Waals surface area contributed by atoms with Gasteiger partial charge in [-0.1, -0.05) is 6.07 Å². The highest BCUT2D eigenvalue weighted by Gasteiger charge is 2.28. The van der Waals surface area contributed by atoms with Crippen molar-refractivity contribution in [2.45, 2.75) is 51.8 Å². The van der Waals surface area contributed by atoms with Crippen LogP contribution >= 0.6 is 0 Å². The van der Waals surface area contributed by atoms with Crippen LogP contribution in [0.15, 0.2) is 54.6 Å². The van der Waals surface area contributed by atoms with Crippen LogP contribution in [0.3, 0.4) is 0 Å². The molecule has 2 N–H and O–H groups in total. The van der Waals surface area contributed by atoms with Crippen LogP contribution < -0.4 is 14.8 Å². The highest BCUT2D eigenvalue weighted by molar-refractivity contribution is 6.04. The highest BCUT2D eigenvalue weighted by atomic mass is 16.6. The summed E-state index contributed by atoms with van der Waals surface area (Å²) < 4.78 is 18.0. The van der Waals surface area contributed by atoms with E-state index in [1.807, 2.05) is 49.9 Å². The number of likely N-dealkylation sites (tertiary alicyclic amines) is 1. The largest absolute Gasteiger partial charge is 0.493 e. The maximum Gasteiger partial charge on any atom is 0.410 e. The maximum atomic E-state index is 12.9. The molecule has 1 fully saturated rings. The molecule has 4 heterocycles.